The standard InChI is InChI=1S/C8H18O4/c1-8(2,7(9)10)6-12-5-4-11-3/h7,9-10H,4-6H2,1-3H3. The summed E-state index contributed by atoms with van der Waals surface area (Å²) in [7, 11) is 1.59. The summed E-state index contributed by atoms with van der Waals surface area (Å²) in [4.78, 5) is 0. The van der Waals surface area contributed by atoms with Crippen LogP contribution in [0, 0.1) is 5.41 Å². The topological polar surface area (TPSA) is 58.9 Å². The van der Waals surface area contributed by atoms with E-state index in [9.17, 15) is 0 Å². The Balaban J connectivity index is 3.47. The Kier molecular flexibility index (Phi) is 5.41. The maximum Gasteiger partial charge on any atom is 0.158 e. The van der Waals surface area contributed by atoms with Crippen molar-refractivity contribution in [3.05, 3.63) is 0 Å². The van der Waals surface area contributed by atoms with E-state index in [1.54, 1.807) is 21.0 Å². The molecule has 0 aromatic heterocycles. The lowest BCUT2D eigenvalue weighted by Crippen LogP contribution is -2.33. The Morgan fingerprint density at radius 1 is 1.25 bits per heavy atom. The Labute approximate surface area is 73.1 Å². The molecule has 0 bridgehead atoms. The van der Waals surface area contributed by atoms with Crippen molar-refractivity contribution in [1.82, 2.24) is 0 Å². The average Bonchev–Trinajstić information content (AvgIpc) is 1.98. The van der Waals surface area contributed by atoms with Crippen molar-refractivity contribution < 1.29 is 19.7 Å². The van der Waals surface area contributed by atoms with E-state index in [1.165, 1.54) is 0 Å². The quantitative estimate of drug-likeness (QED) is 0.443. The van der Waals surface area contributed by atoms with Crippen LogP contribution in [0.3, 0.4) is 0 Å². The van der Waals surface area contributed by atoms with Gasteiger partial charge in [0, 0.05) is 12.5 Å². The van der Waals surface area contributed by atoms with Gasteiger partial charge in [0.15, 0.2) is 6.29 Å². The van der Waals surface area contributed by atoms with Gasteiger partial charge in [-0.25, -0.2) is 0 Å². The van der Waals surface area contributed by atoms with E-state index < -0.39 is 11.7 Å². The van der Waals surface area contributed by atoms with Crippen LogP contribution in [-0.4, -0.2) is 43.4 Å². The second kappa shape index (κ2) is 5.48. The molecule has 12 heavy (non-hydrogen) atoms. The summed E-state index contributed by atoms with van der Waals surface area (Å²) in [5.41, 5.74) is -0.617. The molecular weight excluding hydrogens is 160 g/mol. The molecule has 0 heterocycles. The monoisotopic (exact) mass is 178 g/mol. The van der Waals surface area contributed by atoms with Crippen molar-refractivity contribution in [3.63, 3.8) is 0 Å². The van der Waals surface area contributed by atoms with Crippen LogP contribution in [0.15, 0.2) is 0 Å². The summed E-state index contributed by atoms with van der Waals surface area (Å²) in [5, 5.41) is 17.8. The third-order valence-corrected chi connectivity index (χ3v) is 1.60. The number of aliphatic hydroxyl groups is 2. The molecule has 0 aliphatic rings. The van der Waals surface area contributed by atoms with Gasteiger partial charge < -0.3 is 19.7 Å². The summed E-state index contributed by atoms with van der Waals surface area (Å²) in [6.07, 6.45) is -1.35. The molecule has 0 aromatic rings. The molecule has 0 aliphatic carbocycles. The number of aliphatic hydroxyl groups excluding tert-OH is 1. The first-order valence-electron chi connectivity index (χ1n) is 3.93. The molecule has 0 atom stereocenters. The predicted octanol–water partition coefficient (Wildman–Crippen LogP) is -0.0137. The maximum absolute atomic E-state index is 8.88. The largest absolute Gasteiger partial charge is 0.382 e. The van der Waals surface area contributed by atoms with Crippen molar-refractivity contribution >= 4 is 0 Å². The van der Waals surface area contributed by atoms with Gasteiger partial charge in [-0.1, -0.05) is 13.8 Å². The van der Waals surface area contributed by atoms with Crippen molar-refractivity contribution in [2.24, 2.45) is 5.41 Å². The molecule has 0 radical (unpaired) electrons. The summed E-state index contributed by atoms with van der Waals surface area (Å²) < 4.78 is 9.92. The van der Waals surface area contributed by atoms with Gasteiger partial charge in [0.2, 0.25) is 0 Å². The van der Waals surface area contributed by atoms with E-state index in [1.807, 2.05) is 0 Å². The van der Waals surface area contributed by atoms with E-state index in [2.05, 4.69) is 0 Å². The summed E-state index contributed by atoms with van der Waals surface area (Å²) in [6, 6.07) is 0. The summed E-state index contributed by atoms with van der Waals surface area (Å²) >= 11 is 0. The molecule has 0 fully saturated rings. The fourth-order valence-corrected chi connectivity index (χ4v) is 0.552. The molecule has 74 valence electrons. The maximum atomic E-state index is 8.88. The third-order valence-electron chi connectivity index (χ3n) is 1.60. The molecule has 2 N–H and O–H groups in total. The SMILES string of the molecule is COCCOCC(C)(C)C(O)O. The minimum atomic E-state index is -1.35. The Morgan fingerprint density at radius 2 is 1.83 bits per heavy atom. The van der Waals surface area contributed by atoms with Gasteiger partial charge in [-0.3, -0.25) is 0 Å². The third kappa shape index (κ3) is 4.66. The molecule has 4 heteroatoms. The Morgan fingerprint density at radius 3 is 2.25 bits per heavy atom. The minimum Gasteiger partial charge on any atom is -0.382 e. The molecule has 0 saturated carbocycles. The van der Waals surface area contributed by atoms with Crippen LogP contribution >= 0.6 is 0 Å². The molecule has 0 amide bonds. The van der Waals surface area contributed by atoms with E-state index in [4.69, 9.17) is 19.7 Å². The van der Waals surface area contributed by atoms with E-state index in [0.717, 1.165) is 0 Å². The smallest absolute Gasteiger partial charge is 0.158 e. The molecule has 0 unspecified atom stereocenters. The highest BCUT2D eigenvalue weighted by molar-refractivity contribution is 4.69. The van der Waals surface area contributed by atoms with Crippen LogP contribution in [0.5, 0.6) is 0 Å². The van der Waals surface area contributed by atoms with Crippen LogP contribution < -0.4 is 0 Å². The van der Waals surface area contributed by atoms with Crippen LogP contribution in [0.4, 0.5) is 0 Å². The zero-order valence-corrected chi connectivity index (χ0v) is 7.91. The minimum absolute atomic E-state index is 0.314. The van der Waals surface area contributed by atoms with E-state index >= 15 is 0 Å². The predicted molar refractivity (Wildman–Crippen MR) is 44.7 cm³/mol. The second-order valence-corrected chi connectivity index (χ2v) is 3.41. The van der Waals surface area contributed by atoms with Gasteiger partial charge in [-0.15, -0.1) is 0 Å². The Bertz CT molecular complexity index is 112. The first-order valence-corrected chi connectivity index (χ1v) is 3.93. The van der Waals surface area contributed by atoms with E-state index in [0.29, 0.717) is 19.8 Å². The van der Waals surface area contributed by atoms with Crippen LogP contribution in [-0.2, 0) is 9.47 Å². The highest BCUT2D eigenvalue weighted by Crippen LogP contribution is 2.18. The molecule has 0 spiro atoms. The van der Waals surface area contributed by atoms with Crippen molar-refractivity contribution in [3.8, 4) is 0 Å². The van der Waals surface area contributed by atoms with Gasteiger partial charge in [0.1, 0.15) is 0 Å². The lowest BCUT2D eigenvalue weighted by Gasteiger charge is -2.25. The fourth-order valence-electron chi connectivity index (χ4n) is 0.552. The summed E-state index contributed by atoms with van der Waals surface area (Å²) in [5.74, 6) is 0. The summed E-state index contributed by atoms with van der Waals surface area (Å²) in [6.45, 7) is 4.77. The van der Waals surface area contributed by atoms with Crippen LogP contribution in [0.25, 0.3) is 0 Å². The van der Waals surface area contributed by atoms with Gasteiger partial charge >= 0.3 is 0 Å². The molecule has 0 aliphatic heterocycles. The lowest BCUT2D eigenvalue weighted by molar-refractivity contribution is -0.146. The number of hydrogen-bond acceptors (Lipinski definition) is 4. The second-order valence-electron chi connectivity index (χ2n) is 3.41. The first-order chi connectivity index (χ1) is 5.50. The molecule has 0 rings (SSSR count). The first kappa shape index (κ1) is 11.8. The molecule has 0 aromatic carbocycles. The lowest BCUT2D eigenvalue weighted by atomic mass is 9.94. The highest BCUT2D eigenvalue weighted by atomic mass is 16.5. The van der Waals surface area contributed by atoms with Crippen molar-refractivity contribution in [1.29, 1.82) is 0 Å². The van der Waals surface area contributed by atoms with Gasteiger partial charge in [0.25, 0.3) is 0 Å². The molecule has 0 saturated heterocycles. The number of methoxy groups -OCH3 is 1. The van der Waals surface area contributed by atoms with E-state index in [-0.39, 0.29) is 0 Å². The Hall–Kier alpha value is -0.160. The fraction of sp³-hybridized carbons (Fsp3) is 1.00. The number of ether oxygens (including phenoxy) is 2. The van der Waals surface area contributed by atoms with Crippen LogP contribution in [0.2, 0.25) is 0 Å². The van der Waals surface area contributed by atoms with Crippen LogP contribution in [0.1, 0.15) is 13.8 Å². The average molecular weight is 178 g/mol. The zero-order valence-electron chi connectivity index (χ0n) is 7.91. The molecular formula is C8H18O4. The van der Waals surface area contributed by atoms with Crippen molar-refractivity contribution in [2.75, 3.05) is 26.9 Å². The zero-order chi connectivity index (χ0) is 9.61. The van der Waals surface area contributed by atoms with Gasteiger partial charge in [0.05, 0.1) is 19.8 Å². The number of rotatable bonds is 6. The highest BCUT2D eigenvalue weighted by Gasteiger charge is 2.25. The van der Waals surface area contributed by atoms with Crippen molar-refractivity contribution in [2.45, 2.75) is 20.1 Å². The normalized spacial score (nSPS) is 12.5. The molecule has 4 nitrogen and oxygen atoms in total. The van der Waals surface area contributed by atoms with Gasteiger partial charge in [-0.2, -0.15) is 0 Å². The number of hydrogen-bond donors (Lipinski definition) is 2. The van der Waals surface area contributed by atoms with Gasteiger partial charge in [-0.05, 0) is 0 Å².